The number of rotatable bonds is 7. The lowest BCUT2D eigenvalue weighted by atomic mass is 10.2. The van der Waals surface area contributed by atoms with E-state index in [4.69, 9.17) is 5.11 Å². The second-order valence-electron chi connectivity index (χ2n) is 4.16. The van der Waals surface area contributed by atoms with Crippen molar-refractivity contribution in [1.82, 2.24) is 10.3 Å². The number of aromatic nitrogens is 1. The van der Waals surface area contributed by atoms with E-state index >= 15 is 0 Å². The number of hydrogen-bond acceptors (Lipinski definition) is 5. The number of carbonyl (C=O) groups excluding carboxylic acids is 1. The lowest BCUT2D eigenvalue weighted by Crippen LogP contribution is -2.41. The summed E-state index contributed by atoms with van der Waals surface area (Å²) in [6, 6.07) is -0.811. The fourth-order valence-corrected chi connectivity index (χ4v) is 3.03. The molecular weight excluding hydrogens is 284 g/mol. The maximum Gasteiger partial charge on any atom is 0.326 e. The Bertz CT molecular complexity index is 460. The first kappa shape index (κ1) is 16.0. The first-order valence-corrected chi connectivity index (χ1v) is 8.09. The van der Waals surface area contributed by atoms with Crippen molar-refractivity contribution in [1.29, 1.82) is 0 Å². The van der Waals surface area contributed by atoms with E-state index in [-0.39, 0.29) is 12.3 Å². The highest BCUT2D eigenvalue weighted by atomic mass is 32.2. The number of nitrogens with one attached hydrogen (secondary N) is 1. The van der Waals surface area contributed by atoms with Gasteiger partial charge in [0.1, 0.15) is 6.04 Å². The molecule has 0 spiro atoms. The first-order valence-electron chi connectivity index (χ1n) is 5.88. The Hall–Kier alpha value is -1.08. The Balaban J connectivity index is 2.57. The van der Waals surface area contributed by atoms with Crippen molar-refractivity contribution in [3.8, 4) is 0 Å². The van der Waals surface area contributed by atoms with Gasteiger partial charge < -0.3 is 10.4 Å². The minimum atomic E-state index is -0.986. The number of carboxylic acid groups (broad SMARTS) is 1. The van der Waals surface area contributed by atoms with Gasteiger partial charge in [0.15, 0.2) is 0 Å². The Morgan fingerprint density at radius 3 is 2.63 bits per heavy atom. The average molecular weight is 302 g/mol. The smallest absolute Gasteiger partial charge is 0.326 e. The number of aliphatic carboxylic acids is 1. The Labute approximate surface area is 120 Å². The van der Waals surface area contributed by atoms with Crippen LogP contribution in [0.1, 0.15) is 22.0 Å². The van der Waals surface area contributed by atoms with Crippen LogP contribution in [0.2, 0.25) is 0 Å². The summed E-state index contributed by atoms with van der Waals surface area (Å²) in [5.41, 5.74) is 0.841. The van der Waals surface area contributed by atoms with Crippen molar-refractivity contribution in [2.75, 3.05) is 12.0 Å². The minimum absolute atomic E-state index is 0.195. The number of carbonyl (C=O) groups is 2. The molecular formula is C12H18N2O3S2. The van der Waals surface area contributed by atoms with Crippen LogP contribution in [0.15, 0.2) is 0 Å². The van der Waals surface area contributed by atoms with Gasteiger partial charge >= 0.3 is 5.97 Å². The van der Waals surface area contributed by atoms with Crippen LogP contribution in [0.25, 0.3) is 0 Å². The van der Waals surface area contributed by atoms with Gasteiger partial charge in [-0.25, -0.2) is 9.78 Å². The molecule has 0 aliphatic rings. The SMILES string of the molecule is CSCC[C@H](NC(=O)Cc1sc(C)nc1C)C(=O)O. The van der Waals surface area contributed by atoms with E-state index in [0.29, 0.717) is 12.2 Å². The number of thiazole rings is 1. The van der Waals surface area contributed by atoms with Crippen molar-refractivity contribution >= 4 is 35.0 Å². The fraction of sp³-hybridized carbons (Fsp3) is 0.583. The molecule has 1 aromatic rings. The number of thioether (sulfide) groups is 1. The highest BCUT2D eigenvalue weighted by molar-refractivity contribution is 7.98. The second-order valence-corrected chi connectivity index (χ2v) is 6.43. The molecule has 0 radical (unpaired) electrons. The normalized spacial score (nSPS) is 12.2. The van der Waals surface area contributed by atoms with Gasteiger partial charge in [-0.05, 0) is 32.3 Å². The molecule has 0 saturated carbocycles. The number of carboxylic acids is 1. The van der Waals surface area contributed by atoms with E-state index in [9.17, 15) is 9.59 Å². The summed E-state index contributed by atoms with van der Waals surface area (Å²) in [7, 11) is 0. The highest BCUT2D eigenvalue weighted by Crippen LogP contribution is 2.17. The van der Waals surface area contributed by atoms with E-state index in [0.717, 1.165) is 15.6 Å². The van der Waals surface area contributed by atoms with Gasteiger partial charge in [-0.1, -0.05) is 0 Å². The molecule has 0 aliphatic heterocycles. The van der Waals surface area contributed by atoms with Crippen molar-refractivity contribution in [3.63, 3.8) is 0 Å². The quantitative estimate of drug-likeness (QED) is 0.800. The van der Waals surface area contributed by atoms with Crippen LogP contribution in [0.3, 0.4) is 0 Å². The van der Waals surface area contributed by atoms with E-state index in [1.807, 2.05) is 20.1 Å². The van der Waals surface area contributed by atoms with E-state index in [1.165, 1.54) is 11.3 Å². The molecule has 1 aromatic heterocycles. The molecule has 0 saturated heterocycles. The second kappa shape index (κ2) is 7.49. The molecule has 5 nitrogen and oxygen atoms in total. The van der Waals surface area contributed by atoms with Gasteiger partial charge in [-0.3, -0.25) is 4.79 Å². The van der Waals surface area contributed by atoms with Crippen LogP contribution in [-0.4, -0.2) is 40.0 Å². The molecule has 0 fully saturated rings. The Morgan fingerprint density at radius 1 is 1.47 bits per heavy atom. The summed E-state index contributed by atoms with van der Waals surface area (Å²) < 4.78 is 0. The summed E-state index contributed by atoms with van der Waals surface area (Å²) in [6.45, 7) is 3.74. The maximum absolute atomic E-state index is 11.8. The third kappa shape index (κ3) is 5.20. The first-order chi connectivity index (χ1) is 8.93. The largest absolute Gasteiger partial charge is 0.480 e. The number of nitrogens with zero attached hydrogens (tertiary/aromatic N) is 1. The zero-order valence-electron chi connectivity index (χ0n) is 11.2. The summed E-state index contributed by atoms with van der Waals surface area (Å²) in [4.78, 5) is 28.0. The summed E-state index contributed by atoms with van der Waals surface area (Å²) in [5, 5.41) is 12.5. The van der Waals surface area contributed by atoms with Gasteiger partial charge in [0.2, 0.25) is 5.91 Å². The van der Waals surface area contributed by atoms with Gasteiger partial charge in [0.05, 0.1) is 17.1 Å². The average Bonchev–Trinajstić information content (AvgIpc) is 2.62. The molecule has 19 heavy (non-hydrogen) atoms. The molecule has 2 N–H and O–H groups in total. The van der Waals surface area contributed by atoms with Crippen molar-refractivity contribution in [3.05, 3.63) is 15.6 Å². The molecule has 106 valence electrons. The number of hydrogen-bond donors (Lipinski definition) is 2. The zero-order valence-corrected chi connectivity index (χ0v) is 12.9. The summed E-state index contributed by atoms with van der Waals surface area (Å²) in [6.07, 6.45) is 2.54. The predicted octanol–water partition coefficient (Wildman–Crippen LogP) is 1.62. The maximum atomic E-state index is 11.8. The molecule has 0 bridgehead atoms. The molecule has 1 atom stereocenters. The van der Waals surface area contributed by atoms with Crippen LogP contribution in [0, 0.1) is 13.8 Å². The molecule has 1 amide bonds. The van der Waals surface area contributed by atoms with Crippen LogP contribution < -0.4 is 5.32 Å². The van der Waals surface area contributed by atoms with Gasteiger partial charge in [-0.2, -0.15) is 11.8 Å². The molecule has 1 heterocycles. The van der Waals surface area contributed by atoms with E-state index in [1.54, 1.807) is 11.8 Å². The number of amides is 1. The predicted molar refractivity (Wildman–Crippen MR) is 77.9 cm³/mol. The third-order valence-electron chi connectivity index (χ3n) is 2.56. The van der Waals surface area contributed by atoms with Crippen LogP contribution in [-0.2, 0) is 16.0 Å². The summed E-state index contributed by atoms with van der Waals surface area (Å²) >= 11 is 3.03. The lowest BCUT2D eigenvalue weighted by molar-refractivity contribution is -0.141. The number of aryl methyl sites for hydroxylation is 2. The molecule has 1 rings (SSSR count). The third-order valence-corrected chi connectivity index (χ3v) is 4.28. The molecule has 0 unspecified atom stereocenters. The monoisotopic (exact) mass is 302 g/mol. The van der Waals surface area contributed by atoms with Crippen molar-refractivity contribution < 1.29 is 14.7 Å². The molecule has 0 aromatic carbocycles. The zero-order chi connectivity index (χ0) is 14.4. The van der Waals surface area contributed by atoms with Gasteiger partial charge in [0.25, 0.3) is 0 Å². The van der Waals surface area contributed by atoms with E-state index in [2.05, 4.69) is 10.3 Å². The van der Waals surface area contributed by atoms with Crippen molar-refractivity contribution in [2.45, 2.75) is 32.7 Å². The van der Waals surface area contributed by atoms with Crippen LogP contribution in [0.4, 0.5) is 0 Å². The molecule has 7 heteroatoms. The highest BCUT2D eigenvalue weighted by Gasteiger charge is 2.20. The topological polar surface area (TPSA) is 79.3 Å². The standard InChI is InChI=1S/C12H18N2O3S2/c1-7-10(19-8(2)13-7)6-11(15)14-9(12(16)17)4-5-18-3/h9H,4-6H2,1-3H3,(H,14,15)(H,16,17)/t9-/m0/s1. The van der Waals surface area contributed by atoms with Gasteiger partial charge in [-0.15, -0.1) is 11.3 Å². The van der Waals surface area contributed by atoms with Crippen molar-refractivity contribution in [2.24, 2.45) is 0 Å². The van der Waals surface area contributed by atoms with Gasteiger partial charge in [0, 0.05) is 4.88 Å². The molecule has 0 aliphatic carbocycles. The van der Waals surface area contributed by atoms with Crippen LogP contribution in [0.5, 0.6) is 0 Å². The Morgan fingerprint density at radius 2 is 2.16 bits per heavy atom. The Kier molecular flexibility index (Phi) is 6.30. The lowest BCUT2D eigenvalue weighted by Gasteiger charge is -2.13. The minimum Gasteiger partial charge on any atom is -0.480 e. The summed E-state index contributed by atoms with van der Waals surface area (Å²) in [5.74, 6) is -0.546. The van der Waals surface area contributed by atoms with Crippen LogP contribution >= 0.6 is 23.1 Å². The fourth-order valence-electron chi connectivity index (χ4n) is 1.62. The van der Waals surface area contributed by atoms with E-state index < -0.39 is 12.0 Å².